The molecule has 78 valence electrons. The second-order valence-corrected chi connectivity index (χ2v) is 4.05. The lowest BCUT2D eigenvalue weighted by Crippen LogP contribution is -2.15. The normalized spacial score (nSPS) is 14.5. The number of fused-ring (bicyclic) bond motifs is 2. The minimum atomic E-state index is 0.609. The number of imidazole rings is 1. The minimum absolute atomic E-state index is 0.609. The van der Waals surface area contributed by atoms with Gasteiger partial charge in [-0.2, -0.15) is 0 Å². The van der Waals surface area contributed by atoms with Crippen LogP contribution in [0.1, 0.15) is 0 Å². The van der Waals surface area contributed by atoms with E-state index in [4.69, 9.17) is 9.47 Å². The van der Waals surface area contributed by atoms with Gasteiger partial charge in [0.25, 0.3) is 0 Å². The monoisotopic (exact) mass is 222 g/mol. The van der Waals surface area contributed by atoms with Crippen LogP contribution in [0.4, 0.5) is 0 Å². The summed E-state index contributed by atoms with van der Waals surface area (Å²) in [7, 11) is 0. The lowest BCUT2D eigenvalue weighted by molar-refractivity contribution is 0.172. The highest BCUT2D eigenvalue weighted by Gasteiger charge is 2.14. The number of H-pyrrole nitrogens is 1. The fourth-order valence-electron chi connectivity index (χ4n) is 1.62. The van der Waals surface area contributed by atoms with Gasteiger partial charge in [-0.3, -0.25) is 0 Å². The first-order valence-electron chi connectivity index (χ1n) is 4.70. The van der Waals surface area contributed by atoms with Crippen LogP contribution in [0, 0.1) is 0 Å². The smallest absolute Gasteiger partial charge is 0.166 e. The standard InChI is InChI=1S/C10H10N2O2S/c1-15-10-11-6-4-8-9(5-7(6)12-10)14-3-2-13-8/h4-5H,2-3H2,1H3,(H,11,12). The number of nitrogens with one attached hydrogen (secondary N) is 1. The highest BCUT2D eigenvalue weighted by atomic mass is 32.2. The SMILES string of the molecule is CSc1nc2cc3c(cc2[nH]1)OCCO3. The molecule has 0 radical (unpaired) electrons. The molecule has 4 nitrogen and oxygen atoms in total. The number of benzene rings is 1. The third-order valence-corrected chi connectivity index (χ3v) is 2.90. The summed E-state index contributed by atoms with van der Waals surface area (Å²) in [5, 5.41) is 0.910. The second-order valence-electron chi connectivity index (χ2n) is 3.26. The predicted octanol–water partition coefficient (Wildman–Crippen LogP) is 2.06. The van der Waals surface area contributed by atoms with Gasteiger partial charge in [0.15, 0.2) is 16.7 Å². The number of rotatable bonds is 1. The van der Waals surface area contributed by atoms with Crippen molar-refractivity contribution >= 4 is 22.8 Å². The van der Waals surface area contributed by atoms with Crippen molar-refractivity contribution in [2.45, 2.75) is 5.16 Å². The van der Waals surface area contributed by atoms with Gasteiger partial charge in [0.2, 0.25) is 0 Å². The van der Waals surface area contributed by atoms with E-state index in [9.17, 15) is 0 Å². The molecule has 0 fully saturated rings. The summed E-state index contributed by atoms with van der Waals surface area (Å²) in [4.78, 5) is 7.62. The van der Waals surface area contributed by atoms with Crippen LogP contribution in [0.25, 0.3) is 11.0 Å². The fourth-order valence-corrected chi connectivity index (χ4v) is 2.02. The van der Waals surface area contributed by atoms with Crippen LogP contribution in [0.3, 0.4) is 0 Å². The largest absolute Gasteiger partial charge is 0.486 e. The maximum atomic E-state index is 5.49. The summed E-state index contributed by atoms with van der Waals surface area (Å²) in [5.41, 5.74) is 1.91. The highest BCUT2D eigenvalue weighted by molar-refractivity contribution is 7.98. The summed E-state index contributed by atoms with van der Waals surface area (Å²) in [6, 6.07) is 3.86. The van der Waals surface area contributed by atoms with E-state index in [2.05, 4.69) is 9.97 Å². The maximum Gasteiger partial charge on any atom is 0.166 e. The maximum absolute atomic E-state index is 5.49. The average molecular weight is 222 g/mol. The molecule has 1 aromatic carbocycles. The molecule has 0 unspecified atom stereocenters. The molecule has 1 aliphatic heterocycles. The van der Waals surface area contributed by atoms with Gasteiger partial charge in [0, 0.05) is 12.1 Å². The summed E-state index contributed by atoms with van der Waals surface area (Å²) < 4.78 is 11.0. The molecule has 0 atom stereocenters. The van der Waals surface area contributed by atoms with Crippen LogP contribution in [-0.2, 0) is 0 Å². The first-order chi connectivity index (χ1) is 7.36. The molecule has 0 spiro atoms. The van der Waals surface area contributed by atoms with E-state index in [1.54, 1.807) is 11.8 Å². The van der Waals surface area contributed by atoms with E-state index < -0.39 is 0 Å². The van der Waals surface area contributed by atoms with Gasteiger partial charge in [-0.15, -0.1) is 0 Å². The Morgan fingerprint density at radius 1 is 1.27 bits per heavy atom. The molecule has 0 saturated carbocycles. The van der Waals surface area contributed by atoms with Crippen molar-refractivity contribution in [1.29, 1.82) is 0 Å². The predicted molar refractivity (Wildman–Crippen MR) is 58.9 cm³/mol. The molecule has 15 heavy (non-hydrogen) atoms. The number of hydrogen-bond donors (Lipinski definition) is 1. The molecule has 2 aromatic rings. The van der Waals surface area contributed by atoms with Crippen molar-refractivity contribution in [3.05, 3.63) is 12.1 Å². The molecule has 1 aliphatic rings. The lowest BCUT2D eigenvalue weighted by Gasteiger charge is -2.17. The van der Waals surface area contributed by atoms with Crippen molar-refractivity contribution in [1.82, 2.24) is 9.97 Å². The summed E-state index contributed by atoms with van der Waals surface area (Å²) in [6.45, 7) is 1.22. The van der Waals surface area contributed by atoms with Gasteiger partial charge >= 0.3 is 0 Å². The van der Waals surface area contributed by atoms with Crippen LogP contribution in [0.15, 0.2) is 17.3 Å². The van der Waals surface area contributed by atoms with Crippen molar-refractivity contribution in [2.24, 2.45) is 0 Å². The topological polar surface area (TPSA) is 47.1 Å². The van der Waals surface area contributed by atoms with Gasteiger partial charge in [-0.1, -0.05) is 11.8 Å². The molecule has 5 heteroatoms. The van der Waals surface area contributed by atoms with Crippen LogP contribution in [0.2, 0.25) is 0 Å². The van der Waals surface area contributed by atoms with E-state index in [0.717, 1.165) is 27.7 Å². The number of ether oxygens (including phenoxy) is 2. The van der Waals surface area contributed by atoms with Gasteiger partial charge in [-0.05, 0) is 6.26 Å². The van der Waals surface area contributed by atoms with Gasteiger partial charge in [-0.25, -0.2) is 4.98 Å². The Morgan fingerprint density at radius 2 is 2.00 bits per heavy atom. The summed E-state index contributed by atoms with van der Waals surface area (Å²) >= 11 is 1.59. The van der Waals surface area contributed by atoms with Crippen LogP contribution < -0.4 is 9.47 Å². The van der Waals surface area contributed by atoms with Gasteiger partial charge < -0.3 is 14.5 Å². The number of hydrogen-bond acceptors (Lipinski definition) is 4. The molecule has 3 rings (SSSR count). The zero-order valence-corrected chi connectivity index (χ0v) is 9.06. The quantitative estimate of drug-likeness (QED) is 0.750. The van der Waals surface area contributed by atoms with Gasteiger partial charge in [0.1, 0.15) is 13.2 Å². The zero-order chi connectivity index (χ0) is 10.3. The molecule has 0 aliphatic carbocycles. The third kappa shape index (κ3) is 1.43. The van der Waals surface area contributed by atoms with Crippen LogP contribution in [0.5, 0.6) is 11.5 Å². The molecule has 0 saturated heterocycles. The van der Waals surface area contributed by atoms with Crippen molar-refractivity contribution in [3.63, 3.8) is 0 Å². The zero-order valence-electron chi connectivity index (χ0n) is 8.24. The average Bonchev–Trinajstić information content (AvgIpc) is 2.67. The van der Waals surface area contributed by atoms with E-state index in [-0.39, 0.29) is 0 Å². The summed E-state index contributed by atoms with van der Waals surface area (Å²) in [5.74, 6) is 1.58. The molecular weight excluding hydrogens is 212 g/mol. The molecular formula is C10H10N2O2S. The Kier molecular flexibility index (Phi) is 1.98. The lowest BCUT2D eigenvalue weighted by atomic mass is 10.2. The van der Waals surface area contributed by atoms with Crippen LogP contribution >= 0.6 is 11.8 Å². The summed E-state index contributed by atoms with van der Waals surface area (Å²) in [6.07, 6.45) is 1.99. The van der Waals surface area contributed by atoms with E-state index in [0.29, 0.717) is 13.2 Å². The number of aromatic nitrogens is 2. The Labute approximate surface area is 91.0 Å². The molecule has 2 heterocycles. The van der Waals surface area contributed by atoms with E-state index >= 15 is 0 Å². The molecule has 0 bridgehead atoms. The number of nitrogens with zero attached hydrogens (tertiary/aromatic N) is 1. The molecule has 0 amide bonds. The highest BCUT2D eigenvalue weighted by Crippen LogP contribution is 2.34. The number of aromatic amines is 1. The molecule has 1 aromatic heterocycles. The fraction of sp³-hybridized carbons (Fsp3) is 0.300. The number of thioether (sulfide) groups is 1. The Hall–Kier alpha value is -1.36. The second kappa shape index (κ2) is 3.34. The minimum Gasteiger partial charge on any atom is -0.486 e. The van der Waals surface area contributed by atoms with Crippen molar-refractivity contribution in [3.8, 4) is 11.5 Å². The van der Waals surface area contributed by atoms with Gasteiger partial charge in [0.05, 0.1) is 11.0 Å². The Morgan fingerprint density at radius 3 is 2.73 bits per heavy atom. The first-order valence-corrected chi connectivity index (χ1v) is 5.92. The van der Waals surface area contributed by atoms with Crippen LogP contribution in [-0.4, -0.2) is 29.4 Å². The Balaban J connectivity index is 2.19. The van der Waals surface area contributed by atoms with Crippen molar-refractivity contribution in [2.75, 3.05) is 19.5 Å². The van der Waals surface area contributed by atoms with E-state index in [1.807, 2.05) is 18.4 Å². The third-order valence-electron chi connectivity index (χ3n) is 2.32. The van der Waals surface area contributed by atoms with E-state index in [1.165, 1.54) is 0 Å². The Bertz CT molecular complexity index is 466. The molecule has 1 N–H and O–H groups in total. The first kappa shape index (κ1) is 8.91. The van der Waals surface area contributed by atoms with Crippen molar-refractivity contribution < 1.29 is 9.47 Å².